The normalized spacial score (nSPS) is 29.9. The second-order valence-corrected chi connectivity index (χ2v) is 5.33. The molecule has 0 aliphatic carbocycles. The summed E-state index contributed by atoms with van der Waals surface area (Å²) < 4.78 is 11.5. The Balaban J connectivity index is 1.73. The number of aromatic nitrogens is 2. The van der Waals surface area contributed by atoms with Gasteiger partial charge in [-0.25, -0.2) is 4.98 Å². The topological polar surface area (TPSA) is 64.5 Å². The van der Waals surface area contributed by atoms with Crippen molar-refractivity contribution in [3.05, 3.63) is 24.3 Å². The number of piperidine rings is 1. The average molecular weight is 277 g/mol. The lowest BCUT2D eigenvalue weighted by Gasteiger charge is -2.44. The van der Waals surface area contributed by atoms with Crippen molar-refractivity contribution in [3.8, 4) is 0 Å². The van der Waals surface area contributed by atoms with Gasteiger partial charge in [0.15, 0.2) is 0 Å². The van der Waals surface area contributed by atoms with Gasteiger partial charge in [0, 0.05) is 32.7 Å². The Kier molecular flexibility index (Phi) is 3.67. The number of amides is 1. The molecule has 1 amide bonds. The summed E-state index contributed by atoms with van der Waals surface area (Å²) in [6.07, 6.45) is 7.42. The van der Waals surface area contributed by atoms with Crippen LogP contribution in [0, 0.1) is 0 Å². The van der Waals surface area contributed by atoms with Crippen molar-refractivity contribution in [2.75, 3.05) is 26.8 Å². The zero-order chi connectivity index (χ0) is 14.0. The van der Waals surface area contributed by atoms with Gasteiger partial charge in [0.25, 0.3) is 5.91 Å². The molecule has 20 heavy (non-hydrogen) atoms. The summed E-state index contributed by atoms with van der Waals surface area (Å²) in [7, 11) is 1.68. The van der Waals surface area contributed by atoms with Crippen LogP contribution < -0.4 is 0 Å². The summed E-state index contributed by atoms with van der Waals surface area (Å²) in [4.78, 5) is 22.2. The minimum Gasteiger partial charge on any atom is -0.377 e. The summed E-state index contributed by atoms with van der Waals surface area (Å²) in [5, 5.41) is 0. The molecule has 3 heterocycles. The van der Waals surface area contributed by atoms with Crippen molar-refractivity contribution in [2.24, 2.45) is 0 Å². The molecule has 2 aliphatic rings. The Morgan fingerprint density at radius 2 is 2.40 bits per heavy atom. The second-order valence-electron chi connectivity index (χ2n) is 5.33. The van der Waals surface area contributed by atoms with E-state index >= 15 is 0 Å². The van der Waals surface area contributed by atoms with E-state index in [1.165, 1.54) is 12.4 Å². The molecule has 2 saturated heterocycles. The number of likely N-dealkylation sites (tertiary alicyclic amines) is 1. The molecular formula is C14H19N3O3. The molecule has 0 saturated carbocycles. The molecule has 0 aromatic carbocycles. The molecule has 0 N–H and O–H groups in total. The predicted octanol–water partition coefficient (Wildman–Crippen LogP) is 0.887. The Bertz CT molecular complexity index is 474. The third-order valence-electron chi connectivity index (χ3n) is 4.27. The lowest BCUT2D eigenvalue weighted by molar-refractivity contribution is -0.136. The van der Waals surface area contributed by atoms with Crippen LogP contribution in [-0.4, -0.2) is 59.3 Å². The Morgan fingerprint density at radius 1 is 1.50 bits per heavy atom. The molecule has 1 aromatic heterocycles. The summed E-state index contributed by atoms with van der Waals surface area (Å²) in [5.41, 5.74) is 0.180. The van der Waals surface area contributed by atoms with Crippen LogP contribution in [0.2, 0.25) is 0 Å². The fourth-order valence-corrected chi connectivity index (χ4v) is 3.16. The van der Waals surface area contributed by atoms with E-state index in [0.29, 0.717) is 18.8 Å². The first-order chi connectivity index (χ1) is 9.75. The number of methoxy groups -OCH3 is 1. The maximum absolute atomic E-state index is 12.4. The maximum atomic E-state index is 12.4. The molecule has 0 radical (unpaired) electrons. The molecule has 6 nitrogen and oxygen atoms in total. The molecule has 2 aliphatic heterocycles. The van der Waals surface area contributed by atoms with E-state index in [0.717, 1.165) is 25.9 Å². The predicted molar refractivity (Wildman–Crippen MR) is 71.3 cm³/mol. The van der Waals surface area contributed by atoms with Crippen molar-refractivity contribution < 1.29 is 14.3 Å². The van der Waals surface area contributed by atoms with Crippen LogP contribution in [-0.2, 0) is 9.47 Å². The molecule has 2 atom stereocenters. The van der Waals surface area contributed by atoms with Gasteiger partial charge in [0.1, 0.15) is 11.8 Å². The number of rotatable bonds is 2. The monoisotopic (exact) mass is 277 g/mol. The van der Waals surface area contributed by atoms with Crippen molar-refractivity contribution in [3.63, 3.8) is 0 Å². The first-order valence-corrected chi connectivity index (χ1v) is 6.97. The van der Waals surface area contributed by atoms with E-state index < -0.39 is 0 Å². The van der Waals surface area contributed by atoms with Gasteiger partial charge in [-0.3, -0.25) is 9.78 Å². The van der Waals surface area contributed by atoms with Crippen LogP contribution in [0.4, 0.5) is 0 Å². The fraction of sp³-hybridized carbons (Fsp3) is 0.643. The van der Waals surface area contributed by atoms with Crippen molar-refractivity contribution in [2.45, 2.75) is 31.0 Å². The van der Waals surface area contributed by atoms with Gasteiger partial charge < -0.3 is 14.4 Å². The van der Waals surface area contributed by atoms with Crippen molar-refractivity contribution in [1.82, 2.24) is 14.9 Å². The van der Waals surface area contributed by atoms with Crippen LogP contribution in [0.1, 0.15) is 29.8 Å². The number of hydrogen-bond acceptors (Lipinski definition) is 5. The van der Waals surface area contributed by atoms with E-state index in [1.54, 1.807) is 18.2 Å². The average Bonchev–Trinajstić information content (AvgIpc) is 2.97. The van der Waals surface area contributed by atoms with Crippen LogP contribution in [0.25, 0.3) is 0 Å². The zero-order valence-corrected chi connectivity index (χ0v) is 11.6. The fourth-order valence-electron chi connectivity index (χ4n) is 3.16. The molecule has 0 unspecified atom stereocenters. The van der Waals surface area contributed by atoms with Gasteiger partial charge in [-0.05, 0) is 19.3 Å². The molecule has 1 aromatic rings. The standard InChI is InChI=1S/C14H19N3O3/c1-19-12-10-17(7-4-14(12)3-2-8-20-14)13(18)11-9-15-5-6-16-11/h5-6,9,12H,2-4,7-8,10H2,1H3/t12-,14-/m0/s1. The Morgan fingerprint density at radius 3 is 3.05 bits per heavy atom. The van der Waals surface area contributed by atoms with Gasteiger partial charge in [-0.2, -0.15) is 0 Å². The van der Waals surface area contributed by atoms with Gasteiger partial charge in [0.2, 0.25) is 0 Å². The van der Waals surface area contributed by atoms with Gasteiger partial charge in [-0.1, -0.05) is 0 Å². The van der Waals surface area contributed by atoms with Crippen LogP contribution >= 0.6 is 0 Å². The number of ether oxygens (including phenoxy) is 2. The van der Waals surface area contributed by atoms with Crippen LogP contribution in [0.5, 0.6) is 0 Å². The highest BCUT2D eigenvalue weighted by molar-refractivity contribution is 5.92. The van der Waals surface area contributed by atoms with E-state index in [2.05, 4.69) is 9.97 Å². The summed E-state index contributed by atoms with van der Waals surface area (Å²) in [6, 6.07) is 0. The highest BCUT2D eigenvalue weighted by Gasteiger charge is 2.47. The molecule has 1 spiro atoms. The van der Waals surface area contributed by atoms with Crippen LogP contribution in [0.3, 0.4) is 0 Å². The van der Waals surface area contributed by atoms with Gasteiger partial charge in [-0.15, -0.1) is 0 Å². The smallest absolute Gasteiger partial charge is 0.274 e. The highest BCUT2D eigenvalue weighted by Crippen LogP contribution is 2.37. The molecule has 2 fully saturated rings. The summed E-state index contributed by atoms with van der Waals surface area (Å²) >= 11 is 0. The number of hydrogen-bond donors (Lipinski definition) is 0. The van der Waals surface area contributed by atoms with Crippen molar-refractivity contribution >= 4 is 5.91 Å². The Hall–Kier alpha value is -1.53. The van der Waals surface area contributed by atoms with E-state index in [-0.39, 0.29) is 17.6 Å². The minimum atomic E-state index is -0.200. The van der Waals surface area contributed by atoms with E-state index in [1.807, 2.05) is 0 Å². The van der Waals surface area contributed by atoms with Gasteiger partial charge >= 0.3 is 0 Å². The lowest BCUT2D eigenvalue weighted by atomic mass is 9.85. The molecule has 3 rings (SSSR count). The molecule has 6 heteroatoms. The van der Waals surface area contributed by atoms with E-state index in [9.17, 15) is 4.79 Å². The summed E-state index contributed by atoms with van der Waals surface area (Å²) in [6.45, 7) is 2.01. The number of nitrogens with zero attached hydrogens (tertiary/aromatic N) is 3. The van der Waals surface area contributed by atoms with Gasteiger partial charge in [0.05, 0.1) is 18.3 Å². The second kappa shape index (κ2) is 5.46. The minimum absolute atomic E-state index is 0.0700. The number of carbonyl (C=O) groups is 1. The largest absolute Gasteiger partial charge is 0.377 e. The highest BCUT2D eigenvalue weighted by atomic mass is 16.5. The maximum Gasteiger partial charge on any atom is 0.274 e. The molecular weight excluding hydrogens is 258 g/mol. The quantitative estimate of drug-likeness (QED) is 0.803. The zero-order valence-electron chi connectivity index (χ0n) is 11.6. The summed E-state index contributed by atoms with van der Waals surface area (Å²) in [5.74, 6) is -0.0898. The third kappa shape index (κ3) is 2.29. The Labute approximate surface area is 118 Å². The lowest BCUT2D eigenvalue weighted by Crippen LogP contribution is -2.57. The van der Waals surface area contributed by atoms with E-state index in [4.69, 9.17) is 9.47 Å². The van der Waals surface area contributed by atoms with Crippen LogP contribution in [0.15, 0.2) is 18.6 Å². The molecule has 0 bridgehead atoms. The SMILES string of the molecule is CO[C@H]1CN(C(=O)c2cnccn2)CC[C@@]12CCCO2. The number of carbonyl (C=O) groups excluding carboxylic acids is 1. The first-order valence-electron chi connectivity index (χ1n) is 6.97. The van der Waals surface area contributed by atoms with Crippen molar-refractivity contribution in [1.29, 1.82) is 0 Å². The third-order valence-corrected chi connectivity index (χ3v) is 4.27. The molecule has 108 valence electrons. The first kappa shape index (κ1) is 13.5.